The topological polar surface area (TPSA) is 108 Å². The molecule has 0 aliphatic carbocycles. The Bertz CT molecular complexity index is 988. The number of benzene rings is 2. The van der Waals surface area contributed by atoms with Gasteiger partial charge in [-0.15, -0.1) is 0 Å². The van der Waals surface area contributed by atoms with Crippen LogP contribution in [0.2, 0.25) is 10.0 Å². The zero-order valence-electron chi connectivity index (χ0n) is 17.5. The van der Waals surface area contributed by atoms with Gasteiger partial charge in [-0.25, -0.2) is 0 Å². The number of ketones is 1. The van der Waals surface area contributed by atoms with Crippen LogP contribution in [-0.2, 0) is 9.59 Å². The summed E-state index contributed by atoms with van der Waals surface area (Å²) < 4.78 is 20.7. The molecule has 0 aliphatic heterocycles. The van der Waals surface area contributed by atoms with Crippen LogP contribution in [0.15, 0.2) is 34.5 Å². The lowest BCUT2D eigenvalue weighted by Crippen LogP contribution is -2.31. The highest BCUT2D eigenvalue weighted by Gasteiger charge is 2.24. The number of ether oxygens (including phenoxy) is 4. The van der Waals surface area contributed by atoms with E-state index in [0.717, 1.165) is 0 Å². The van der Waals surface area contributed by atoms with Crippen molar-refractivity contribution in [3.63, 3.8) is 0 Å². The van der Waals surface area contributed by atoms with E-state index in [-0.39, 0.29) is 33.0 Å². The van der Waals surface area contributed by atoms with Gasteiger partial charge in [0.1, 0.15) is 33.0 Å². The maximum Gasteiger partial charge on any atom is 0.258 e. The summed E-state index contributed by atoms with van der Waals surface area (Å²) in [5.74, 6) is -0.0811. The molecule has 11 heteroatoms. The second kappa shape index (κ2) is 10.8. The number of carbonyl (C=O) groups excluding carboxylic acids is 2. The molecule has 0 fully saturated rings. The number of nitrogens with one attached hydrogen (secondary N) is 1. The molecule has 9 nitrogen and oxygen atoms in total. The largest absolute Gasteiger partial charge is 0.495 e. The van der Waals surface area contributed by atoms with Crippen molar-refractivity contribution in [2.75, 3.05) is 33.8 Å². The van der Waals surface area contributed by atoms with Crippen molar-refractivity contribution in [2.24, 2.45) is 10.2 Å². The van der Waals surface area contributed by atoms with Crippen molar-refractivity contribution < 1.29 is 28.5 Å². The van der Waals surface area contributed by atoms with E-state index in [1.54, 1.807) is 6.07 Å². The third-order valence-electron chi connectivity index (χ3n) is 4.09. The van der Waals surface area contributed by atoms with Gasteiger partial charge in [0.25, 0.3) is 5.91 Å². The van der Waals surface area contributed by atoms with E-state index in [2.05, 4.69) is 15.5 Å². The Hall–Kier alpha value is -3.04. The lowest BCUT2D eigenvalue weighted by molar-refractivity contribution is -0.126. The number of hydrogen-bond donors (Lipinski definition) is 1. The second-order valence-corrected chi connectivity index (χ2v) is 6.80. The van der Waals surface area contributed by atoms with Crippen LogP contribution in [0.4, 0.5) is 11.4 Å². The van der Waals surface area contributed by atoms with Crippen molar-refractivity contribution in [1.82, 2.24) is 0 Å². The van der Waals surface area contributed by atoms with E-state index in [1.165, 1.54) is 53.6 Å². The number of anilines is 1. The molecule has 0 spiro atoms. The van der Waals surface area contributed by atoms with Gasteiger partial charge in [0, 0.05) is 17.8 Å². The molecule has 2 aromatic rings. The molecule has 166 valence electrons. The summed E-state index contributed by atoms with van der Waals surface area (Å²) in [6, 6.07) is 4.66. The molecule has 0 bridgehead atoms. The smallest absolute Gasteiger partial charge is 0.258 e. The number of methoxy groups -OCH3 is 4. The molecule has 2 aromatic carbocycles. The zero-order chi connectivity index (χ0) is 23.1. The van der Waals surface area contributed by atoms with E-state index in [1.807, 2.05) is 0 Å². The minimum atomic E-state index is -1.42. The average Bonchev–Trinajstić information content (AvgIpc) is 2.74. The Morgan fingerprint density at radius 1 is 0.903 bits per heavy atom. The lowest BCUT2D eigenvalue weighted by Gasteiger charge is -2.14. The van der Waals surface area contributed by atoms with Gasteiger partial charge in [0.15, 0.2) is 11.5 Å². The number of rotatable bonds is 9. The van der Waals surface area contributed by atoms with Crippen LogP contribution < -0.4 is 24.3 Å². The monoisotopic (exact) mass is 469 g/mol. The van der Waals surface area contributed by atoms with Gasteiger partial charge in [-0.2, -0.15) is 10.2 Å². The summed E-state index contributed by atoms with van der Waals surface area (Å²) in [6.45, 7) is 1.23. The number of hydrogen-bond acceptors (Lipinski definition) is 8. The Morgan fingerprint density at radius 2 is 1.48 bits per heavy atom. The molecular formula is C20H21Cl2N3O6. The first-order valence-corrected chi connectivity index (χ1v) is 9.57. The highest BCUT2D eigenvalue weighted by molar-refractivity contribution is 6.34. The first-order chi connectivity index (χ1) is 14.8. The number of nitrogens with zero attached hydrogens (tertiary/aromatic N) is 2. The number of azo groups is 1. The molecule has 0 saturated heterocycles. The van der Waals surface area contributed by atoms with E-state index in [4.69, 9.17) is 42.1 Å². The fourth-order valence-electron chi connectivity index (χ4n) is 2.55. The van der Waals surface area contributed by atoms with E-state index >= 15 is 0 Å². The van der Waals surface area contributed by atoms with Crippen molar-refractivity contribution in [1.29, 1.82) is 0 Å². The quantitative estimate of drug-likeness (QED) is 0.420. The number of carbonyl (C=O) groups is 2. The third kappa shape index (κ3) is 5.56. The SMILES string of the molecule is COc1cc(NC(=O)C(N=Nc2ccc(OC)c(Cl)c2OC)C(C)=O)cc(OC)c1Cl. The molecule has 0 saturated carbocycles. The van der Waals surface area contributed by atoms with Crippen LogP contribution in [0.25, 0.3) is 0 Å². The minimum absolute atomic E-state index is 0.186. The molecular weight excluding hydrogens is 449 g/mol. The van der Waals surface area contributed by atoms with Crippen molar-refractivity contribution in [3.8, 4) is 23.0 Å². The van der Waals surface area contributed by atoms with Crippen molar-refractivity contribution >= 4 is 46.3 Å². The Balaban J connectivity index is 2.32. The van der Waals surface area contributed by atoms with E-state index in [9.17, 15) is 9.59 Å². The highest BCUT2D eigenvalue weighted by Crippen LogP contribution is 2.41. The molecule has 31 heavy (non-hydrogen) atoms. The number of amides is 1. The maximum absolute atomic E-state index is 12.7. The number of halogens is 2. The number of Topliss-reactive ketones (excluding diaryl/α,β-unsaturated/α-hetero) is 1. The van der Waals surface area contributed by atoms with Gasteiger partial charge in [-0.1, -0.05) is 23.2 Å². The van der Waals surface area contributed by atoms with Crippen LogP contribution in [0, 0.1) is 0 Å². The van der Waals surface area contributed by atoms with Crippen LogP contribution in [0.5, 0.6) is 23.0 Å². The fourth-order valence-corrected chi connectivity index (χ4v) is 3.13. The predicted molar refractivity (Wildman–Crippen MR) is 117 cm³/mol. The van der Waals surface area contributed by atoms with Gasteiger partial charge >= 0.3 is 0 Å². The molecule has 1 amide bonds. The lowest BCUT2D eigenvalue weighted by atomic mass is 10.2. The van der Waals surface area contributed by atoms with Gasteiger partial charge < -0.3 is 24.3 Å². The van der Waals surface area contributed by atoms with Crippen LogP contribution in [-0.4, -0.2) is 46.2 Å². The Kier molecular flexibility index (Phi) is 8.47. The maximum atomic E-state index is 12.7. The molecule has 0 radical (unpaired) electrons. The van der Waals surface area contributed by atoms with E-state index in [0.29, 0.717) is 11.4 Å². The van der Waals surface area contributed by atoms with E-state index < -0.39 is 17.7 Å². The standard InChI is InChI=1S/C20H21Cl2N3O6/c1-10(26)18(25-24-12-6-7-13(28-2)17(22)19(12)31-5)20(27)23-11-8-14(29-3)16(21)15(9-11)30-4/h6-9,18H,1-5H3,(H,23,27). The van der Waals surface area contributed by atoms with Crippen LogP contribution in [0.3, 0.4) is 0 Å². The molecule has 1 atom stereocenters. The minimum Gasteiger partial charge on any atom is -0.495 e. The predicted octanol–water partition coefficient (Wildman–Crippen LogP) is 4.71. The average molecular weight is 470 g/mol. The summed E-state index contributed by atoms with van der Waals surface area (Å²) in [6.07, 6.45) is 0. The van der Waals surface area contributed by atoms with Crippen molar-refractivity contribution in [2.45, 2.75) is 13.0 Å². The molecule has 1 N–H and O–H groups in total. The van der Waals surface area contributed by atoms with Gasteiger partial charge in [-0.3, -0.25) is 9.59 Å². The third-order valence-corrected chi connectivity index (χ3v) is 4.82. The van der Waals surface area contributed by atoms with Gasteiger partial charge in [0.05, 0.1) is 28.4 Å². The molecule has 2 rings (SSSR count). The summed E-state index contributed by atoms with van der Waals surface area (Å²) in [5, 5.41) is 10.9. The molecule has 0 heterocycles. The fraction of sp³-hybridized carbons (Fsp3) is 0.300. The van der Waals surface area contributed by atoms with Crippen molar-refractivity contribution in [3.05, 3.63) is 34.3 Å². The first kappa shape index (κ1) is 24.2. The summed E-state index contributed by atoms with van der Waals surface area (Å²) in [5.41, 5.74) is 0.525. The first-order valence-electron chi connectivity index (χ1n) is 8.81. The summed E-state index contributed by atoms with van der Waals surface area (Å²) in [7, 11) is 5.70. The van der Waals surface area contributed by atoms with Crippen LogP contribution in [0.1, 0.15) is 6.92 Å². The Labute approximate surface area is 189 Å². The molecule has 0 aromatic heterocycles. The molecule has 0 aliphatic rings. The Morgan fingerprint density at radius 3 is 1.97 bits per heavy atom. The second-order valence-electron chi connectivity index (χ2n) is 6.05. The highest BCUT2D eigenvalue weighted by atomic mass is 35.5. The zero-order valence-corrected chi connectivity index (χ0v) is 19.0. The summed E-state index contributed by atoms with van der Waals surface area (Å²) >= 11 is 12.3. The van der Waals surface area contributed by atoms with Gasteiger partial charge in [-0.05, 0) is 19.1 Å². The summed E-state index contributed by atoms with van der Waals surface area (Å²) in [4.78, 5) is 24.8. The van der Waals surface area contributed by atoms with Crippen LogP contribution >= 0.6 is 23.2 Å². The normalized spacial score (nSPS) is 11.7. The molecule has 1 unspecified atom stereocenters. The van der Waals surface area contributed by atoms with Gasteiger partial charge in [0.2, 0.25) is 6.04 Å².